The van der Waals surface area contributed by atoms with Crippen LogP contribution in [0.4, 0.5) is 0 Å². The number of benzene rings is 1. The van der Waals surface area contributed by atoms with Crippen LogP contribution in [0.25, 0.3) is 5.69 Å². The van der Waals surface area contributed by atoms with Crippen molar-refractivity contribution in [2.24, 2.45) is 5.90 Å². The van der Waals surface area contributed by atoms with Crippen molar-refractivity contribution in [2.75, 3.05) is 0 Å². The molecule has 5 nitrogen and oxygen atoms in total. The lowest BCUT2D eigenvalue weighted by Gasteiger charge is -1.98. The number of rotatable bonds is 3. The Morgan fingerprint density at radius 3 is 2.73 bits per heavy atom. The van der Waals surface area contributed by atoms with Gasteiger partial charge in [-0.1, -0.05) is 16.8 Å². The van der Waals surface area contributed by atoms with E-state index in [1.807, 2.05) is 12.1 Å². The highest BCUT2D eigenvalue weighted by atomic mass is 35.5. The van der Waals surface area contributed by atoms with Gasteiger partial charge in [0.05, 0.1) is 11.9 Å². The number of nitrogens with two attached hydrogens (primary N) is 1. The van der Waals surface area contributed by atoms with Gasteiger partial charge in [0, 0.05) is 5.02 Å². The zero-order valence-corrected chi connectivity index (χ0v) is 8.55. The third kappa shape index (κ3) is 2.33. The molecule has 0 saturated carbocycles. The fourth-order valence-corrected chi connectivity index (χ4v) is 1.30. The van der Waals surface area contributed by atoms with Crippen molar-refractivity contribution in [3.05, 3.63) is 41.2 Å². The summed E-state index contributed by atoms with van der Waals surface area (Å²) in [6, 6.07) is 7.28. The minimum Gasteiger partial charge on any atom is -0.298 e. The van der Waals surface area contributed by atoms with Gasteiger partial charge in [-0.25, -0.2) is 10.6 Å². The summed E-state index contributed by atoms with van der Waals surface area (Å²) in [7, 11) is 0. The van der Waals surface area contributed by atoms with E-state index in [0.717, 1.165) is 5.69 Å². The molecule has 0 unspecified atom stereocenters. The largest absolute Gasteiger partial charge is 0.298 e. The van der Waals surface area contributed by atoms with Crippen LogP contribution in [0.5, 0.6) is 0 Å². The van der Waals surface area contributed by atoms with Crippen LogP contribution in [0.1, 0.15) is 5.69 Å². The maximum Gasteiger partial charge on any atom is 0.113 e. The molecule has 0 radical (unpaired) electrons. The lowest BCUT2D eigenvalue weighted by Crippen LogP contribution is -1.98. The number of hydrogen-bond donors (Lipinski definition) is 1. The normalized spacial score (nSPS) is 10.5. The first-order chi connectivity index (χ1) is 7.29. The Kier molecular flexibility index (Phi) is 2.96. The molecular weight excluding hydrogens is 216 g/mol. The van der Waals surface area contributed by atoms with Gasteiger partial charge in [0.2, 0.25) is 0 Å². The smallest absolute Gasteiger partial charge is 0.113 e. The maximum absolute atomic E-state index is 5.77. The molecule has 1 heterocycles. The van der Waals surface area contributed by atoms with Crippen molar-refractivity contribution >= 4 is 11.6 Å². The summed E-state index contributed by atoms with van der Waals surface area (Å²) in [6.45, 7) is 0.244. The van der Waals surface area contributed by atoms with E-state index in [1.165, 1.54) is 0 Å². The summed E-state index contributed by atoms with van der Waals surface area (Å²) >= 11 is 5.77. The van der Waals surface area contributed by atoms with E-state index in [-0.39, 0.29) is 6.61 Å². The average molecular weight is 225 g/mol. The Labute approximate surface area is 91.4 Å². The molecule has 0 amide bonds. The molecule has 0 aliphatic heterocycles. The van der Waals surface area contributed by atoms with E-state index >= 15 is 0 Å². The van der Waals surface area contributed by atoms with Crippen LogP contribution in [0.2, 0.25) is 5.02 Å². The molecular formula is C9H9ClN4O. The van der Waals surface area contributed by atoms with Crippen molar-refractivity contribution in [3.8, 4) is 5.69 Å². The van der Waals surface area contributed by atoms with Crippen LogP contribution in [0, 0.1) is 0 Å². The molecule has 0 atom stereocenters. The van der Waals surface area contributed by atoms with E-state index < -0.39 is 0 Å². The predicted octanol–water partition coefficient (Wildman–Crippen LogP) is 1.31. The van der Waals surface area contributed by atoms with Gasteiger partial charge in [0.15, 0.2) is 0 Å². The molecule has 0 spiro atoms. The molecule has 0 aliphatic carbocycles. The number of nitrogens with zero attached hydrogens (tertiary/aromatic N) is 3. The van der Waals surface area contributed by atoms with Crippen molar-refractivity contribution in [1.82, 2.24) is 15.0 Å². The molecule has 0 saturated heterocycles. The summed E-state index contributed by atoms with van der Waals surface area (Å²) in [6.07, 6.45) is 1.75. The lowest BCUT2D eigenvalue weighted by molar-refractivity contribution is 0.121. The second kappa shape index (κ2) is 4.39. The van der Waals surface area contributed by atoms with Crippen molar-refractivity contribution in [2.45, 2.75) is 6.61 Å². The molecule has 15 heavy (non-hydrogen) atoms. The van der Waals surface area contributed by atoms with Gasteiger partial charge in [0.25, 0.3) is 0 Å². The SMILES string of the molecule is NOCc1cn(-c2ccc(Cl)cc2)nn1. The minimum absolute atomic E-state index is 0.244. The lowest BCUT2D eigenvalue weighted by atomic mass is 10.3. The molecule has 2 rings (SSSR count). The minimum atomic E-state index is 0.244. The van der Waals surface area contributed by atoms with Gasteiger partial charge < -0.3 is 0 Å². The van der Waals surface area contributed by atoms with Gasteiger partial charge >= 0.3 is 0 Å². The topological polar surface area (TPSA) is 66.0 Å². The fourth-order valence-electron chi connectivity index (χ4n) is 1.17. The summed E-state index contributed by atoms with van der Waals surface area (Å²) in [5.41, 5.74) is 1.56. The van der Waals surface area contributed by atoms with Crippen molar-refractivity contribution in [1.29, 1.82) is 0 Å². The van der Waals surface area contributed by atoms with Gasteiger partial charge in [-0.15, -0.1) is 5.10 Å². The summed E-state index contributed by atoms with van der Waals surface area (Å²) in [5, 5.41) is 8.49. The summed E-state index contributed by atoms with van der Waals surface area (Å²) in [4.78, 5) is 4.46. The molecule has 0 aliphatic rings. The predicted molar refractivity (Wildman–Crippen MR) is 55.3 cm³/mol. The third-order valence-corrected chi connectivity index (χ3v) is 2.12. The van der Waals surface area contributed by atoms with Crippen LogP contribution >= 0.6 is 11.6 Å². The molecule has 0 fully saturated rings. The van der Waals surface area contributed by atoms with Gasteiger partial charge in [-0.2, -0.15) is 0 Å². The number of aromatic nitrogens is 3. The molecule has 2 N–H and O–H groups in total. The van der Waals surface area contributed by atoms with Crippen LogP contribution < -0.4 is 5.90 Å². The highest BCUT2D eigenvalue weighted by Gasteiger charge is 2.02. The van der Waals surface area contributed by atoms with Crippen LogP contribution in [0.15, 0.2) is 30.5 Å². The van der Waals surface area contributed by atoms with E-state index in [2.05, 4.69) is 15.1 Å². The third-order valence-electron chi connectivity index (χ3n) is 1.86. The Morgan fingerprint density at radius 2 is 2.07 bits per heavy atom. The Morgan fingerprint density at radius 1 is 1.33 bits per heavy atom. The highest BCUT2D eigenvalue weighted by molar-refractivity contribution is 6.30. The zero-order valence-electron chi connectivity index (χ0n) is 7.80. The first-order valence-corrected chi connectivity index (χ1v) is 4.66. The maximum atomic E-state index is 5.77. The van der Waals surface area contributed by atoms with Crippen molar-refractivity contribution < 1.29 is 4.84 Å². The molecule has 78 valence electrons. The quantitative estimate of drug-likeness (QED) is 0.799. The van der Waals surface area contributed by atoms with E-state index in [4.69, 9.17) is 17.5 Å². The monoisotopic (exact) mass is 224 g/mol. The number of hydrogen-bond acceptors (Lipinski definition) is 4. The summed E-state index contributed by atoms with van der Waals surface area (Å²) in [5.74, 6) is 4.93. The Hall–Kier alpha value is -1.43. The second-order valence-electron chi connectivity index (χ2n) is 2.94. The van der Waals surface area contributed by atoms with Crippen molar-refractivity contribution in [3.63, 3.8) is 0 Å². The van der Waals surface area contributed by atoms with Crippen LogP contribution in [0.3, 0.4) is 0 Å². The standard InChI is InChI=1S/C9H9ClN4O/c10-7-1-3-9(4-2-7)14-5-8(6-15-11)12-13-14/h1-5H,6,11H2. The fraction of sp³-hybridized carbons (Fsp3) is 0.111. The average Bonchev–Trinajstić information content (AvgIpc) is 2.68. The van der Waals surface area contributed by atoms with Gasteiger partial charge in [-0.05, 0) is 24.3 Å². The number of halogens is 1. The van der Waals surface area contributed by atoms with Gasteiger partial charge in [-0.3, -0.25) is 4.84 Å². The highest BCUT2D eigenvalue weighted by Crippen LogP contribution is 2.12. The molecule has 0 bridgehead atoms. The van der Waals surface area contributed by atoms with E-state index in [9.17, 15) is 0 Å². The van der Waals surface area contributed by atoms with Crippen LogP contribution in [-0.4, -0.2) is 15.0 Å². The Balaban J connectivity index is 2.25. The van der Waals surface area contributed by atoms with Crippen LogP contribution in [-0.2, 0) is 11.4 Å². The summed E-state index contributed by atoms with van der Waals surface area (Å²) < 4.78 is 1.63. The molecule has 2 aromatic rings. The second-order valence-corrected chi connectivity index (χ2v) is 3.38. The van der Waals surface area contributed by atoms with Gasteiger partial charge in [0.1, 0.15) is 12.3 Å². The first-order valence-electron chi connectivity index (χ1n) is 4.28. The zero-order chi connectivity index (χ0) is 10.7. The molecule has 6 heteroatoms. The van der Waals surface area contributed by atoms with E-state index in [0.29, 0.717) is 10.7 Å². The first kappa shape index (κ1) is 10.1. The van der Waals surface area contributed by atoms with E-state index in [1.54, 1.807) is 23.0 Å². The molecule has 1 aromatic carbocycles. The molecule has 1 aromatic heterocycles. The Bertz CT molecular complexity index is 440.